The van der Waals surface area contributed by atoms with Gasteiger partial charge in [0.1, 0.15) is 0 Å². The second-order valence-corrected chi connectivity index (χ2v) is 10.5. The Morgan fingerprint density at radius 2 is 0.963 bits per heavy atom. The molecule has 0 saturated heterocycles. The first-order valence-electron chi connectivity index (χ1n) is 10.4. The van der Waals surface area contributed by atoms with Gasteiger partial charge in [0, 0.05) is 12.3 Å². The fourth-order valence-corrected chi connectivity index (χ4v) is 4.70. The quantitative estimate of drug-likeness (QED) is 0.208. The van der Waals surface area contributed by atoms with E-state index in [0.717, 1.165) is 64.2 Å². The zero-order valence-corrected chi connectivity index (χ0v) is 18.0. The van der Waals surface area contributed by atoms with Crippen LogP contribution in [-0.4, -0.2) is 39.4 Å². The molecule has 160 valence electrons. The Labute approximate surface area is 164 Å². The van der Waals surface area contributed by atoms with Crippen LogP contribution < -0.4 is 0 Å². The molecule has 0 heterocycles. The monoisotopic (exact) mass is 406 g/mol. The molecule has 0 radical (unpaired) electrons. The SMILES string of the molecule is CC(CCCCCCCP(=O)(O)CCCCCCCC(C)C(=O)O)C(=O)O. The molecule has 0 aliphatic carbocycles. The summed E-state index contributed by atoms with van der Waals surface area (Å²) in [4.78, 5) is 31.4. The Morgan fingerprint density at radius 1 is 0.667 bits per heavy atom. The topological polar surface area (TPSA) is 112 Å². The van der Waals surface area contributed by atoms with E-state index in [0.29, 0.717) is 25.2 Å². The number of hydrogen-bond donors (Lipinski definition) is 3. The predicted molar refractivity (Wildman–Crippen MR) is 109 cm³/mol. The molecule has 0 aliphatic rings. The summed E-state index contributed by atoms with van der Waals surface area (Å²) in [6.45, 7) is 3.45. The third kappa shape index (κ3) is 15.8. The first-order chi connectivity index (χ1) is 12.7. The summed E-state index contributed by atoms with van der Waals surface area (Å²) in [6, 6.07) is 0. The molecular weight excluding hydrogens is 367 g/mol. The maximum absolute atomic E-state index is 12.1. The van der Waals surface area contributed by atoms with E-state index in [1.165, 1.54) is 0 Å². The van der Waals surface area contributed by atoms with Crippen LogP contribution in [0.5, 0.6) is 0 Å². The first-order valence-corrected chi connectivity index (χ1v) is 12.4. The van der Waals surface area contributed by atoms with E-state index in [-0.39, 0.29) is 11.8 Å². The summed E-state index contributed by atoms with van der Waals surface area (Å²) in [6.07, 6.45) is 11.3. The van der Waals surface area contributed by atoms with Gasteiger partial charge in [-0.25, -0.2) is 0 Å². The highest BCUT2D eigenvalue weighted by Gasteiger charge is 2.17. The third-order valence-electron chi connectivity index (χ3n) is 5.13. The number of unbranched alkanes of at least 4 members (excludes halogenated alkanes) is 8. The molecule has 0 rings (SSSR count). The Hall–Kier alpha value is -0.870. The minimum atomic E-state index is -3.02. The van der Waals surface area contributed by atoms with Crippen LogP contribution in [0.25, 0.3) is 0 Å². The van der Waals surface area contributed by atoms with Gasteiger partial charge in [0.15, 0.2) is 0 Å². The van der Waals surface area contributed by atoms with E-state index >= 15 is 0 Å². The zero-order valence-electron chi connectivity index (χ0n) is 17.1. The maximum atomic E-state index is 12.1. The lowest BCUT2D eigenvalue weighted by Gasteiger charge is -2.11. The molecule has 0 fully saturated rings. The predicted octanol–water partition coefficient (Wildman–Crippen LogP) is 5.38. The van der Waals surface area contributed by atoms with Crippen molar-refractivity contribution in [3.05, 3.63) is 0 Å². The van der Waals surface area contributed by atoms with Gasteiger partial charge in [0.25, 0.3) is 0 Å². The Morgan fingerprint density at radius 3 is 1.30 bits per heavy atom. The highest BCUT2D eigenvalue weighted by atomic mass is 31.2. The smallest absolute Gasteiger partial charge is 0.306 e. The Balaban J connectivity index is 3.54. The highest BCUT2D eigenvalue weighted by Crippen LogP contribution is 2.42. The van der Waals surface area contributed by atoms with E-state index in [9.17, 15) is 19.0 Å². The zero-order chi connectivity index (χ0) is 20.7. The van der Waals surface area contributed by atoms with Gasteiger partial charge < -0.3 is 15.1 Å². The fourth-order valence-electron chi connectivity index (χ4n) is 3.04. The van der Waals surface area contributed by atoms with Crippen molar-refractivity contribution in [3.8, 4) is 0 Å². The number of hydrogen-bond acceptors (Lipinski definition) is 3. The largest absolute Gasteiger partial charge is 0.481 e. The van der Waals surface area contributed by atoms with E-state index in [2.05, 4.69) is 0 Å². The Bertz CT molecular complexity index is 427. The summed E-state index contributed by atoms with van der Waals surface area (Å²) in [5, 5.41) is 17.6. The van der Waals surface area contributed by atoms with E-state index < -0.39 is 19.3 Å². The average molecular weight is 407 g/mol. The summed E-state index contributed by atoms with van der Waals surface area (Å²) >= 11 is 0. The summed E-state index contributed by atoms with van der Waals surface area (Å²) in [7, 11) is -3.02. The fraction of sp³-hybridized carbons (Fsp3) is 0.900. The number of carbonyl (C=O) groups is 2. The Kier molecular flexibility index (Phi) is 14.6. The minimum Gasteiger partial charge on any atom is -0.481 e. The molecule has 6 nitrogen and oxygen atoms in total. The molecule has 3 N–H and O–H groups in total. The number of carboxylic acids is 2. The van der Waals surface area contributed by atoms with Crippen molar-refractivity contribution in [1.29, 1.82) is 0 Å². The van der Waals surface area contributed by atoms with Gasteiger partial charge >= 0.3 is 11.9 Å². The number of carboxylic acid groups (broad SMARTS) is 2. The summed E-state index contributed by atoms with van der Waals surface area (Å²) in [5.41, 5.74) is 0. The van der Waals surface area contributed by atoms with Crippen molar-refractivity contribution < 1.29 is 29.3 Å². The molecule has 0 aromatic heterocycles. The van der Waals surface area contributed by atoms with Crippen molar-refractivity contribution >= 4 is 19.3 Å². The summed E-state index contributed by atoms with van der Waals surface area (Å²) in [5.74, 6) is -2.07. The molecule has 0 bridgehead atoms. The highest BCUT2D eigenvalue weighted by molar-refractivity contribution is 7.57. The molecule has 0 aromatic carbocycles. The van der Waals surface area contributed by atoms with Crippen molar-refractivity contribution in [2.75, 3.05) is 12.3 Å². The van der Waals surface area contributed by atoms with E-state index in [1.807, 2.05) is 0 Å². The van der Waals surface area contributed by atoms with Gasteiger partial charge in [-0.2, -0.15) is 0 Å². The number of rotatable bonds is 18. The lowest BCUT2D eigenvalue weighted by Crippen LogP contribution is -2.08. The van der Waals surface area contributed by atoms with E-state index in [4.69, 9.17) is 10.2 Å². The van der Waals surface area contributed by atoms with Gasteiger partial charge in [-0.1, -0.05) is 65.2 Å². The average Bonchev–Trinajstić information content (AvgIpc) is 2.59. The van der Waals surface area contributed by atoms with Crippen LogP contribution in [0.15, 0.2) is 0 Å². The van der Waals surface area contributed by atoms with Gasteiger partial charge in [0.05, 0.1) is 11.8 Å². The molecular formula is C20H39O6P. The van der Waals surface area contributed by atoms with Crippen LogP contribution in [0.3, 0.4) is 0 Å². The molecule has 0 aliphatic heterocycles. The van der Waals surface area contributed by atoms with Crippen LogP contribution in [0.2, 0.25) is 0 Å². The molecule has 0 amide bonds. The molecule has 2 unspecified atom stereocenters. The molecule has 2 atom stereocenters. The molecule has 0 spiro atoms. The second kappa shape index (κ2) is 15.1. The van der Waals surface area contributed by atoms with Gasteiger partial charge in [-0.3, -0.25) is 14.2 Å². The van der Waals surface area contributed by atoms with Crippen molar-refractivity contribution in [2.24, 2.45) is 11.8 Å². The molecule has 0 saturated carbocycles. The van der Waals surface area contributed by atoms with Crippen LogP contribution >= 0.6 is 7.37 Å². The molecule has 27 heavy (non-hydrogen) atoms. The number of aliphatic carboxylic acids is 2. The standard InChI is InChI=1S/C20H39O6P/c1-17(19(21)22)13-9-5-3-7-11-15-27(25,26)16-12-8-4-6-10-14-18(2)20(23)24/h17-18H,3-16H2,1-2H3,(H,21,22)(H,23,24)(H,25,26). The van der Waals surface area contributed by atoms with Crippen molar-refractivity contribution in [3.63, 3.8) is 0 Å². The van der Waals surface area contributed by atoms with Crippen molar-refractivity contribution in [1.82, 2.24) is 0 Å². The third-order valence-corrected chi connectivity index (χ3v) is 7.16. The van der Waals surface area contributed by atoms with Gasteiger partial charge in [-0.15, -0.1) is 0 Å². The van der Waals surface area contributed by atoms with Crippen LogP contribution in [-0.2, 0) is 14.2 Å². The van der Waals surface area contributed by atoms with Crippen LogP contribution in [0.4, 0.5) is 0 Å². The lowest BCUT2D eigenvalue weighted by molar-refractivity contribution is -0.142. The van der Waals surface area contributed by atoms with Gasteiger partial charge in [0.2, 0.25) is 7.37 Å². The lowest BCUT2D eigenvalue weighted by atomic mass is 10.0. The van der Waals surface area contributed by atoms with Crippen LogP contribution in [0.1, 0.15) is 90.9 Å². The summed E-state index contributed by atoms with van der Waals surface area (Å²) < 4.78 is 12.1. The molecule has 0 aromatic rings. The molecule has 7 heteroatoms. The van der Waals surface area contributed by atoms with Crippen LogP contribution in [0, 0.1) is 11.8 Å². The maximum Gasteiger partial charge on any atom is 0.306 e. The van der Waals surface area contributed by atoms with Gasteiger partial charge in [-0.05, 0) is 25.7 Å². The first kappa shape index (κ1) is 26.1. The van der Waals surface area contributed by atoms with E-state index in [1.54, 1.807) is 13.8 Å². The van der Waals surface area contributed by atoms with Crippen molar-refractivity contribution in [2.45, 2.75) is 90.9 Å². The normalized spacial score (nSPS) is 15.8. The minimum absolute atomic E-state index is 0.289. The second-order valence-electron chi connectivity index (χ2n) is 7.88.